The third-order valence-electron chi connectivity index (χ3n) is 4.31. The summed E-state index contributed by atoms with van der Waals surface area (Å²) < 4.78 is 5.49. The molecule has 0 aliphatic carbocycles. The Morgan fingerprint density at radius 1 is 0.880 bits per heavy atom. The number of ether oxygens (including phenoxy) is 1. The van der Waals surface area contributed by atoms with Gasteiger partial charge < -0.3 is 9.84 Å². The number of hydrogen-bond acceptors (Lipinski definition) is 2. The number of aliphatic hydroxyl groups is 1. The smallest absolute Gasteiger partial charge is 0.137 e. The highest BCUT2D eigenvalue weighted by atomic mass is 16.5. The van der Waals surface area contributed by atoms with Gasteiger partial charge in [-0.15, -0.1) is 5.92 Å². The van der Waals surface area contributed by atoms with Crippen molar-refractivity contribution in [2.75, 3.05) is 6.61 Å². The monoisotopic (exact) mass is 344 g/mol. The molecule has 0 saturated carbocycles. The summed E-state index contributed by atoms with van der Waals surface area (Å²) in [7, 11) is 0. The van der Waals surface area contributed by atoms with Crippen molar-refractivity contribution in [3.8, 4) is 11.8 Å². The molecule has 0 spiro atoms. The van der Waals surface area contributed by atoms with Crippen LogP contribution in [0.25, 0.3) is 0 Å². The third kappa shape index (κ3) is 13.6. The maximum absolute atomic E-state index is 9.79. The zero-order valence-corrected chi connectivity index (χ0v) is 16.0. The first-order valence-electron chi connectivity index (χ1n) is 10.1. The average molecular weight is 345 g/mol. The van der Waals surface area contributed by atoms with Gasteiger partial charge in [0.15, 0.2) is 0 Å². The van der Waals surface area contributed by atoms with Gasteiger partial charge in [-0.1, -0.05) is 101 Å². The van der Waals surface area contributed by atoms with Crippen molar-refractivity contribution in [2.24, 2.45) is 0 Å². The van der Waals surface area contributed by atoms with Gasteiger partial charge in [-0.2, -0.15) is 0 Å². The molecule has 0 amide bonds. The van der Waals surface area contributed by atoms with Crippen LogP contribution < -0.4 is 0 Å². The Balaban J connectivity index is 1.89. The molecule has 0 radical (unpaired) electrons. The lowest BCUT2D eigenvalue weighted by Gasteiger charge is -2.05. The van der Waals surface area contributed by atoms with E-state index in [9.17, 15) is 5.11 Å². The van der Waals surface area contributed by atoms with Gasteiger partial charge in [-0.25, -0.2) is 0 Å². The van der Waals surface area contributed by atoms with Crippen molar-refractivity contribution in [1.29, 1.82) is 0 Å². The van der Waals surface area contributed by atoms with E-state index in [0.717, 1.165) is 18.4 Å². The second-order valence-electron chi connectivity index (χ2n) is 6.77. The summed E-state index contributed by atoms with van der Waals surface area (Å²) in [4.78, 5) is 0. The van der Waals surface area contributed by atoms with Crippen LogP contribution in [-0.4, -0.2) is 17.8 Å². The zero-order valence-electron chi connectivity index (χ0n) is 16.0. The summed E-state index contributed by atoms with van der Waals surface area (Å²) >= 11 is 0. The SMILES string of the molecule is CCCCCCCCCCCCC#CC(O)COCc1ccccc1. The first kappa shape index (κ1) is 21.7. The number of benzene rings is 1. The molecule has 0 aromatic heterocycles. The average Bonchev–Trinajstić information content (AvgIpc) is 2.63. The fourth-order valence-electron chi connectivity index (χ4n) is 2.80. The predicted molar refractivity (Wildman–Crippen MR) is 106 cm³/mol. The van der Waals surface area contributed by atoms with Crippen molar-refractivity contribution >= 4 is 0 Å². The molecule has 1 unspecified atom stereocenters. The van der Waals surface area contributed by atoms with Gasteiger partial charge in [0.05, 0.1) is 13.2 Å². The van der Waals surface area contributed by atoms with E-state index >= 15 is 0 Å². The maximum Gasteiger partial charge on any atom is 0.137 e. The molecule has 140 valence electrons. The molecule has 1 rings (SSSR count). The number of rotatable bonds is 14. The number of aliphatic hydroxyl groups excluding tert-OH is 1. The molecule has 0 fully saturated rings. The standard InChI is InChI=1S/C23H36O2/c1-2-3-4-5-6-7-8-9-10-11-12-16-19-23(24)21-25-20-22-17-14-13-15-18-22/h13-15,17-18,23-24H,2-12,20-21H2,1H3. The van der Waals surface area contributed by atoms with E-state index in [2.05, 4.69) is 18.8 Å². The Labute approximate surface area is 155 Å². The van der Waals surface area contributed by atoms with Gasteiger partial charge in [0.2, 0.25) is 0 Å². The lowest BCUT2D eigenvalue weighted by atomic mass is 10.1. The van der Waals surface area contributed by atoms with Gasteiger partial charge in [-0.3, -0.25) is 0 Å². The molecule has 0 aliphatic heterocycles. The summed E-state index contributed by atoms with van der Waals surface area (Å²) in [6.07, 6.45) is 13.6. The van der Waals surface area contributed by atoms with Gasteiger partial charge in [0.25, 0.3) is 0 Å². The molecule has 2 nitrogen and oxygen atoms in total. The molecule has 1 atom stereocenters. The van der Waals surface area contributed by atoms with Crippen LogP contribution in [0.15, 0.2) is 30.3 Å². The second-order valence-corrected chi connectivity index (χ2v) is 6.77. The van der Waals surface area contributed by atoms with E-state index in [0.29, 0.717) is 6.61 Å². The van der Waals surface area contributed by atoms with E-state index in [4.69, 9.17) is 4.74 Å². The first-order valence-corrected chi connectivity index (χ1v) is 10.1. The maximum atomic E-state index is 9.79. The Morgan fingerprint density at radius 3 is 2.12 bits per heavy atom. The predicted octanol–water partition coefficient (Wildman–Crippen LogP) is 5.88. The highest BCUT2D eigenvalue weighted by Crippen LogP contribution is 2.11. The highest BCUT2D eigenvalue weighted by Gasteiger charge is 1.99. The molecule has 0 heterocycles. The van der Waals surface area contributed by atoms with E-state index in [1.165, 1.54) is 57.8 Å². The minimum absolute atomic E-state index is 0.278. The molecule has 1 N–H and O–H groups in total. The minimum atomic E-state index is -0.674. The van der Waals surface area contributed by atoms with Crippen LogP contribution in [0.3, 0.4) is 0 Å². The van der Waals surface area contributed by atoms with Gasteiger partial charge in [0.1, 0.15) is 6.10 Å². The fourth-order valence-corrected chi connectivity index (χ4v) is 2.80. The lowest BCUT2D eigenvalue weighted by molar-refractivity contribution is 0.0543. The van der Waals surface area contributed by atoms with Crippen LogP contribution in [0.2, 0.25) is 0 Å². The van der Waals surface area contributed by atoms with Gasteiger partial charge >= 0.3 is 0 Å². The summed E-state index contributed by atoms with van der Waals surface area (Å²) in [6.45, 7) is 3.07. The molecule has 2 heteroatoms. The topological polar surface area (TPSA) is 29.5 Å². The van der Waals surface area contributed by atoms with Crippen LogP contribution in [0.1, 0.15) is 83.1 Å². The van der Waals surface area contributed by atoms with Crippen LogP contribution >= 0.6 is 0 Å². The molecule has 0 aliphatic rings. The zero-order chi connectivity index (χ0) is 18.0. The first-order chi connectivity index (χ1) is 12.3. The molecular formula is C23H36O2. The van der Waals surface area contributed by atoms with Crippen molar-refractivity contribution < 1.29 is 9.84 Å². The molecule has 0 bridgehead atoms. The van der Waals surface area contributed by atoms with Crippen molar-refractivity contribution in [2.45, 2.75) is 90.3 Å². The Morgan fingerprint density at radius 2 is 1.48 bits per heavy atom. The van der Waals surface area contributed by atoms with Crippen LogP contribution in [0, 0.1) is 11.8 Å². The van der Waals surface area contributed by atoms with Crippen molar-refractivity contribution in [3.63, 3.8) is 0 Å². The van der Waals surface area contributed by atoms with Crippen LogP contribution in [0.4, 0.5) is 0 Å². The Hall–Kier alpha value is -1.30. The summed E-state index contributed by atoms with van der Waals surface area (Å²) in [5.41, 5.74) is 1.12. The van der Waals surface area contributed by atoms with Crippen LogP contribution in [0.5, 0.6) is 0 Å². The van der Waals surface area contributed by atoms with Gasteiger partial charge in [-0.05, 0) is 12.0 Å². The van der Waals surface area contributed by atoms with E-state index in [1.54, 1.807) is 0 Å². The van der Waals surface area contributed by atoms with Gasteiger partial charge in [0, 0.05) is 6.42 Å². The largest absolute Gasteiger partial charge is 0.378 e. The van der Waals surface area contributed by atoms with E-state index in [-0.39, 0.29) is 6.61 Å². The lowest BCUT2D eigenvalue weighted by Crippen LogP contribution is -2.12. The molecule has 25 heavy (non-hydrogen) atoms. The molecule has 0 saturated heterocycles. The summed E-state index contributed by atoms with van der Waals surface area (Å²) in [5, 5.41) is 9.79. The van der Waals surface area contributed by atoms with Crippen LogP contribution in [-0.2, 0) is 11.3 Å². The Bertz CT molecular complexity index is 458. The number of unbranched alkanes of at least 4 members (excludes halogenated alkanes) is 10. The van der Waals surface area contributed by atoms with E-state index in [1.807, 2.05) is 30.3 Å². The quantitative estimate of drug-likeness (QED) is 0.337. The van der Waals surface area contributed by atoms with E-state index < -0.39 is 6.10 Å². The van der Waals surface area contributed by atoms with Crippen molar-refractivity contribution in [1.82, 2.24) is 0 Å². The molecule has 1 aromatic rings. The van der Waals surface area contributed by atoms with Crippen molar-refractivity contribution in [3.05, 3.63) is 35.9 Å². The Kier molecular flexibility index (Phi) is 14.1. The molecular weight excluding hydrogens is 308 g/mol. The normalized spacial score (nSPS) is 11.8. The summed E-state index contributed by atoms with van der Waals surface area (Å²) in [5.74, 6) is 5.96. The molecule has 1 aromatic carbocycles. The fraction of sp³-hybridized carbons (Fsp3) is 0.652. The second kappa shape index (κ2) is 16.2. The number of hydrogen-bond donors (Lipinski definition) is 1. The third-order valence-corrected chi connectivity index (χ3v) is 4.31. The summed E-state index contributed by atoms with van der Waals surface area (Å²) in [6, 6.07) is 9.99. The minimum Gasteiger partial charge on any atom is -0.378 e. The highest BCUT2D eigenvalue weighted by molar-refractivity contribution is 5.13.